The first kappa shape index (κ1) is 12.7. The van der Waals surface area contributed by atoms with Gasteiger partial charge in [0.25, 0.3) is 0 Å². The Morgan fingerprint density at radius 1 is 1.33 bits per heavy atom. The molecule has 1 aromatic carbocycles. The summed E-state index contributed by atoms with van der Waals surface area (Å²) in [4.78, 5) is 11.5. The van der Waals surface area contributed by atoms with Gasteiger partial charge in [0.1, 0.15) is 5.54 Å². The van der Waals surface area contributed by atoms with E-state index in [4.69, 9.17) is 9.47 Å². The first-order valence-electron chi connectivity index (χ1n) is 5.85. The van der Waals surface area contributed by atoms with Crippen molar-refractivity contribution < 1.29 is 19.4 Å². The maximum atomic E-state index is 11.5. The molecule has 1 unspecified atom stereocenters. The third kappa shape index (κ3) is 1.90. The van der Waals surface area contributed by atoms with Crippen LogP contribution in [0.5, 0.6) is 11.5 Å². The first-order chi connectivity index (χ1) is 8.64. The minimum Gasteiger partial charge on any atom is -0.493 e. The molecule has 0 saturated carbocycles. The van der Waals surface area contributed by atoms with Crippen molar-refractivity contribution in [3.8, 4) is 11.5 Å². The molecule has 1 heterocycles. The second-order valence-electron chi connectivity index (χ2n) is 4.31. The number of ether oxygens (including phenoxy) is 2. The number of carboxylic acid groups (broad SMARTS) is 1. The molecule has 5 heteroatoms. The summed E-state index contributed by atoms with van der Waals surface area (Å²) in [5.41, 5.74) is -0.301. The molecule has 1 aliphatic rings. The molecule has 1 atom stereocenters. The fourth-order valence-electron chi connectivity index (χ4n) is 2.40. The van der Waals surface area contributed by atoms with Crippen LogP contribution in [0.1, 0.15) is 18.4 Å². The Morgan fingerprint density at radius 2 is 2.06 bits per heavy atom. The predicted molar refractivity (Wildman–Crippen MR) is 66.1 cm³/mol. The smallest absolute Gasteiger partial charge is 0.328 e. The molecule has 0 radical (unpaired) electrons. The van der Waals surface area contributed by atoms with E-state index in [1.54, 1.807) is 25.3 Å². The molecular weight excluding hydrogens is 234 g/mol. The molecule has 1 aliphatic heterocycles. The summed E-state index contributed by atoms with van der Waals surface area (Å²) >= 11 is 0. The molecule has 2 rings (SSSR count). The van der Waals surface area contributed by atoms with Crippen LogP contribution in [0.25, 0.3) is 0 Å². The Bertz CT molecular complexity index is 452. The Balaban J connectivity index is 2.46. The van der Waals surface area contributed by atoms with E-state index in [1.165, 1.54) is 7.11 Å². The summed E-state index contributed by atoms with van der Waals surface area (Å²) in [5.74, 6) is 0.288. The summed E-state index contributed by atoms with van der Waals surface area (Å²) in [6, 6.07) is 5.23. The molecule has 1 fully saturated rings. The van der Waals surface area contributed by atoms with Gasteiger partial charge in [0.05, 0.1) is 14.2 Å². The molecular formula is C13H17NO4. The third-order valence-corrected chi connectivity index (χ3v) is 3.40. The lowest BCUT2D eigenvalue weighted by atomic mass is 9.88. The van der Waals surface area contributed by atoms with Crippen LogP contribution in [0.2, 0.25) is 0 Å². The van der Waals surface area contributed by atoms with Gasteiger partial charge in [-0.15, -0.1) is 0 Å². The van der Waals surface area contributed by atoms with Gasteiger partial charge in [-0.25, -0.2) is 4.79 Å². The lowest BCUT2D eigenvalue weighted by Crippen LogP contribution is -2.44. The zero-order valence-electron chi connectivity index (χ0n) is 10.5. The minimum atomic E-state index is -1.00. The Morgan fingerprint density at radius 3 is 2.56 bits per heavy atom. The molecule has 1 saturated heterocycles. The second-order valence-corrected chi connectivity index (χ2v) is 4.31. The van der Waals surface area contributed by atoms with E-state index in [0.29, 0.717) is 30.0 Å². The third-order valence-electron chi connectivity index (χ3n) is 3.40. The predicted octanol–water partition coefficient (Wildman–Crippen LogP) is 1.37. The topological polar surface area (TPSA) is 67.8 Å². The monoisotopic (exact) mass is 251 g/mol. The van der Waals surface area contributed by atoms with Crippen molar-refractivity contribution in [2.24, 2.45) is 0 Å². The molecule has 0 amide bonds. The minimum absolute atomic E-state index is 0.546. The highest BCUT2D eigenvalue weighted by Crippen LogP contribution is 2.36. The highest BCUT2D eigenvalue weighted by molar-refractivity contribution is 5.81. The van der Waals surface area contributed by atoms with E-state index < -0.39 is 11.5 Å². The van der Waals surface area contributed by atoms with E-state index in [1.807, 2.05) is 0 Å². The van der Waals surface area contributed by atoms with Crippen molar-refractivity contribution in [2.45, 2.75) is 18.4 Å². The van der Waals surface area contributed by atoms with Gasteiger partial charge in [-0.3, -0.25) is 5.32 Å². The standard InChI is InChI=1S/C13H17NO4/c1-17-10-5-4-9(8-11(10)18-2)13(12(15)16)6-3-7-14-13/h4-5,8,14H,3,6-7H2,1-2H3,(H,15,16). The number of hydrogen-bond donors (Lipinski definition) is 2. The summed E-state index contributed by atoms with van der Waals surface area (Å²) in [6.45, 7) is 0.709. The highest BCUT2D eigenvalue weighted by atomic mass is 16.5. The van der Waals surface area contributed by atoms with Gasteiger partial charge in [0, 0.05) is 0 Å². The summed E-state index contributed by atoms with van der Waals surface area (Å²) in [7, 11) is 3.09. The number of benzene rings is 1. The number of methoxy groups -OCH3 is 2. The van der Waals surface area contributed by atoms with Gasteiger partial charge in [-0.2, -0.15) is 0 Å². The van der Waals surface area contributed by atoms with E-state index >= 15 is 0 Å². The normalized spacial score (nSPS) is 22.8. The molecule has 5 nitrogen and oxygen atoms in total. The highest BCUT2D eigenvalue weighted by Gasteiger charge is 2.43. The molecule has 1 aromatic rings. The Kier molecular flexibility index (Phi) is 3.43. The van der Waals surface area contributed by atoms with Crippen molar-refractivity contribution in [2.75, 3.05) is 20.8 Å². The van der Waals surface area contributed by atoms with Crippen LogP contribution >= 0.6 is 0 Å². The number of carboxylic acids is 1. The van der Waals surface area contributed by atoms with Crippen LogP contribution < -0.4 is 14.8 Å². The second kappa shape index (κ2) is 4.86. The van der Waals surface area contributed by atoms with Gasteiger partial charge < -0.3 is 14.6 Å². The van der Waals surface area contributed by atoms with Crippen molar-refractivity contribution in [3.63, 3.8) is 0 Å². The van der Waals surface area contributed by atoms with Crippen LogP contribution in [0.15, 0.2) is 18.2 Å². The van der Waals surface area contributed by atoms with Crippen molar-refractivity contribution in [1.82, 2.24) is 5.32 Å². The molecule has 0 aliphatic carbocycles. The number of nitrogens with one attached hydrogen (secondary N) is 1. The lowest BCUT2D eigenvalue weighted by Gasteiger charge is -2.25. The van der Waals surface area contributed by atoms with E-state index in [2.05, 4.69) is 5.32 Å². The van der Waals surface area contributed by atoms with E-state index in [-0.39, 0.29) is 0 Å². The van der Waals surface area contributed by atoms with Gasteiger partial charge in [-0.05, 0) is 37.1 Å². The summed E-state index contributed by atoms with van der Waals surface area (Å²) in [5, 5.41) is 12.6. The summed E-state index contributed by atoms with van der Waals surface area (Å²) in [6.07, 6.45) is 1.43. The van der Waals surface area contributed by atoms with Crippen LogP contribution in [-0.2, 0) is 10.3 Å². The fourth-order valence-corrected chi connectivity index (χ4v) is 2.40. The molecule has 0 bridgehead atoms. The zero-order valence-corrected chi connectivity index (χ0v) is 10.5. The quantitative estimate of drug-likeness (QED) is 0.846. The largest absolute Gasteiger partial charge is 0.493 e. The molecule has 2 N–H and O–H groups in total. The van der Waals surface area contributed by atoms with Crippen LogP contribution in [0, 0.1) is 0 Å². The van der Waals surface area contributed by atoms with E-state index in [9.17, 15) is 9.90 Å². The molecule has 0 aromatic heterocycles. The molecule has 18 heavy (non-hydrogen) atoms. The average Bonchev–Trinajstić information content (AvgIpc) is 2.88. The van der Waals surface area contributed by atoms with Gasteiger partial charge >= 0.3 is 5.97 Å². The molecule has 0 spiro atoms. The van der Waals surface area contributed by atoms with Gasteiger partial charge in [0.15, 0.2) is 11.5 Å². The van der Waals surface area contributed by atoms with Crippen LogP contribution in [-0.4, -0.2) is 31.8 Å². The zero-order chi connectivity index (χ0) is 13.2. The number of aliphatic carboxylic acids is 1. The van der Waals surface area contributed by atoms with Crippen LogP contribution in [0.4, 0.5) is 0 Å². The van der Waals surface area contributed by atoms with E-state index in [0.717, 1.165) is 6.42 Å². The van der Waals surface area contributed by atoms with Crippen molar-refractivity contribution in [1.29, 1.82) is 0 Å². The first-order valence-corrected chi connectivity index (χ1v) is 5.85. The number of rotatable bonds is 4. The fraction of sp³-hybridized carbons (Fsp3) is 0.462. The van der Waals surface area contributed by atoms with Crippen molar-refractivity contribution in [3.05, 3.63) is 23.8 Å². The maximum absolute atomic E-state index is 11.5. The number of hydrogen-bond acceptors (Lipinski definition) is 4. The van der Waals surface area contributed by atoms with Crippen LogP contribution in [0.3, 0.4) is 0 Å². The number of carbonyl (C=O) groups is 1. The Labute approximate surface area is 106 Å². The average molecular weight is 251 g/mol. The maximum Gasteiger partial charge on any atom is 0.328 e. The summed E-state index contributed by atoms with van der Waals surface area (Å²) < 4.78 is 10.4. The Hall–Kier alpha value is -1.75. The van der Waals surface area contributed by atoms with Gasteiger partial charge in [-0.1, -0.05) is 6.07 Å². The lowest BCUT2D eigenvalue weighted by molar-refractivity contribution is -0.144. The van der Waals surface area contributed by atoms with Crippen molar-refractivity contribution >= 4 is 5.97 Å². The van der Waals surface area contributed by atoms with Gasteiger partial charge in [0.2, 0.25) is 0 Å². The molecule has 98 valence electrons. The SMILES string of the molecule is COc1ccc(C2(C(=O)O)CCCN2)cc1OC.